The third-order valence-electron chi connectivity index (χ3n) is 8.16. The fourth-order valence-electron chi connectivity index (χ4n) is 5.94. The zero-order valence-electron chi connectivity index (χ0n) is 23.4. The number of rotatable bonds is 10. The lowest BCUT2D eigenvalue weighted by atomic mass is 10.1. The molecule has 188 valence electrons. The van der Waals surface area contributed by atoms with E-state index >= 15 is 0 Å². The van der Waals surface area contributed by atoms with E-state index in [9.17, 15) is 0 Å². The molecular weight excluding hydrogens is 448 g/mol. The predicted octanol–water partition coefficient (Wildman–Crippen LogP) is 6.96. The topological polar surface area (TPSA) is 0 Å². The van der Waals surface area contributed by atoms with E-state index in [0.717, 1.165) is 44.9 Å². The first-order valence-corrected chi connectivity index (χ1v) is 16.3. The highest BCUT2D eigenvalue weighted by Crippen LogP contribution is 2.27. The fourth-order valence-corrected chi connectivity index (χ4v) is 11.2. The molecule has 0 aliphatic heterocycles. The minimum Gasteiger partial charge on any atom is -0.0808 e. The molecule has 1 aliphatic carbocycles. The largest absolute Gasteiger partial charge is 0.175 e. The Morgan fingerprint density at radius 1 is 0.472 bits per heavy atom. The molecule has 3 aromatic carbocycles. The van der Waals surface area contributed by atoms with E-state index in [1.165, 1.54) is 33.4 Å². The zero-order valence-corrected chi connectivity index (χ0v) is 24.4. The van der Waals surface area contributed by atoms with Crippen LogP contribution in [0.3, 0.4) is 0 Å². The molecule has 0 bridgehead atoms. The van der Waals surface area contributed by atoms with E-state index in [4.69, 9.17) is 0 Å². The molecule has 1 heteroatoms. The van der Waals surface area contributed by atoms with Gasteiger partial charge in [0, 0.05) is 0 Å². The van der Waals surface area contributed by atoms with Crippen molar-refractivity contribution in [2.24, 2.45) is 0 Å². The summed E-state index contributed by atoms with van der Waals surface area (Å²) < 4.78 is 0. The highest BCUT2D eigenvalue weighted by atomic mass is 28.3. The van der Waals surface area contributed by atoms with Crippen LogP contribution in [0.4, 0.5) is 0 Å². The Kier molecular flexibility index (Phi) is 8.52. The van der Waals surface area contributed by atoms with Crippen LogP contribution in [0.1, 0.15) is 81.3 Å². The number of hydrogen-bond donors (Lipinski definition) is 0. The second kappa shape index (κ2) is 11.6. The molecule has 0 amide bonds. The first-order chi connectivity index (χ1) is 17.5. The van der Waals surface area contributed by atoms with Crippen LogP contribution in [-0.2, 0) is 38.5 Å². The maximum Gasteiger partial charge on any atom is 0.175 e. The zero-order chi connectivity index (χ0) is 25.7. The van der Waals surface area contributed by atoms with Crippen molar-refractivity contribution in [3.05, 3.63) is 111 Å². The summed E-state index contributed by atoms with van der Waals surface area (Å²) in [6.45, 7) is 13.8. The van der Waals surface area contributed by atoms with Gasteiger partial charge in [0.2, 0.25) is 0 Å². The lowest BCUT2D eigenvalue weighted by molar-refractivity contribution is 1.09. The molecule has 1 aliphatic rings. The minimum atomic E-state index is -2.48. The molecular formula is C35H44Si. The normalized spacial score (nSPS) is 13.3. The second-order valence-electron chi connectivity index (χ2n) is 10.3. The Morgan fingerprint density at radius 3 is 1.00 bits per heavy atom. The second-order valence-corrected chi connectivity index (χ2v) is 14.2. The van der Waals surface area contributed by atoms with Crippen molar-refractivity contribution >= 4 is 23.6 Å². The Labute approximate surface area is 221 Å². The summed E-state index contributed by atoms with van der Waals surface area (Å²) in [6, 6.07) is 22.7. The summed E-state index contributed by atoms with van der Waals surface area (Å²) in [5, 5.41) is 6.33. The van der Waals surface area contributed by atoms with Crippen molar-refractivity contribution in [1.82, 2.24) is 0 Å². The first-order valence-electron chi connectivity index (χ1n) is 14.3. The summed E-state index contributed by atoms with van der Waals surface area (Å²) in [4.78, 5) is 0. The minimum absolute atomic E-state index is 1.06. The predicted molar refractivity (Wildman–Crippen MR) is 162 cm³/mol. The number of allylic oxidation sites excluding steroid dienone is 4. The maximum atomic E-state index is 2.57. The molecule has 36 heavy (non-hydrogen) atoms. The van der Waals surface area contributed by atoms with Crippen molar-refractivity contribution in [3.8, 4) is 0 Å². The summed E-state index contributed by atoms with van der Waals surface area (Å²) in [5.74, 6) is 0. The average molecular weight is 493 g/mol. The van der Waals surface area contributed by atoms with Crippen molar-refractivity contribution < 1.29 is 0 Å². The van der Waals surface area contributed by atoms with Crippen LogP contribution in [0, 0.1) is 0 Å². The molecule has 0 radical (unpaired) electrons. The fraction of sp³-hybridized carbons (Fsp3) is 0.371. The number of hydrogen-bond acceptors (Lipinski definition) is 0. The summed E-state index contributed by atoms with van der Waals surface area (Å²) in [7, 11) is -2.48. The molecule has 3 aromatic rings. The van der Waals surface area contributed by atoms with Gasteiger partial charge in [-0.25, -0.2) is 0 Å². The van der Waals surface area contributed by atoms with E-state index in [2.05, 4.69) is 114 Å². The van der Waals surface area contributed by atoms with E-state index in [-0.39, 0.29) is 0 Å². The molecule has 0 unspecified atom stereocenters. The van der Waals surface area contributed by atoms with Gasteiger partial charge in [-0.15, -0.1) is 0 Å². The van der Waals surface area contributed by atoms with E-state index in [1.54, 1.807) is 20.8 Å². The molecule has 0 heterocycles. The lowest BCUT2D eigenvalue weighted by Crippen LogP contribution is -2.69. The highest BCUT2D eigenvalue weighted by Gasteiger charge is 2.44. The molecule has 0 spiro atoms. The van der Waals surface area contributed by atoms with Crippen molar-refractivity contribution in [2.45, 2.75) is 86.5 Å². The standard InChI is InChI=1S/C35H44Si/c1-7-26-17-27(8-2)21-33(20-26)36(32-15-13-14-16-32,34-22-28(9-3)18-29(10-4)23-34)35-24-30(11-5)19-31(12-6)25-35/h13-15,17-25H,7-12,16H2,1-6H3. The van der Waals surface area contributed by atoms with Gasteiger partial charge in [-0.1, -0.05) is 120 Å². The van der Waals surface area contributed by atoms with Gasteiger partial charge in [-0.3, -0.25) is 0 Å². The Hall–Kier alpha value is -2.64. The molecule has 0 atom stereocenters. The number of aryl methyl sites for hydroxylation is 6. The van der Waals surface area contributed by atoms with E-state index < -0.39 is 8.07 Å². The quantitative estimate of drug-likeness (QED) is 0.212. The maximum absolute atomic E-state index is 2.57. The average Bonchev–Trinajstić information content (AvgIpc) is 3.47. The highest BCUT2D eigenvalue weighted by molar-refractivity contribution is 7.16. The molecule has 4 rings (SSSR count). The summed E-state index contributed by atoms with van der Waals surface area (Å²) >= 11 is 0. The van der Waals surface area contributed by atoms with Gasteiger partial charge in [-0.2, -0.15) is 0 Å². The molecule has 0 saturated heterocycles. The lowest BCUT2D eigenvalue weighted by Gasteiger charge is -2.37. The first kappa shape index (κ1) is 26.4. The van der Waals surface area contributed by atoms with Crippen LogP contribution in [0.25, 0.3) is 0 Å². The van der Waals surface area contributed by atoms with Gasteiger partial charge in [0.25, 0.3) is 0 Å². The van der Waals surface area contributed by atoms with Crippen molar-refractivity contribution in [3.63, 3.8) is 0 Å². The summed E-state index contributed by atoms with van der Waals surface area (Å²) in [5.41, 5.74) is 8.82. The van der Waals surface area contributed by atoms with Crippen LogP contribution >= 0.6 is 0 Å². The van der Waals surface area contributed by atoms with Crippen molar-refractivity contribution in [2.75, 3.05) is 0 Å². The van der Waals surface area contributed by atoms with Gasteiger partial charge in [0.15, 0.2) is 8.07 Å². The molecule has 0 saturated carbocycles. The molecule has 0 nitrogen and oxygen atoms in total. The van der Waals surface area contributed by atoms with Crippen LogP contribution < -0.4 is 15.6 Å². The van der Waals surface area contributed by atoms with Gasteiger partial charge in [-0.05, 0) is 93.9 Å². The third-order valence-corrected chi connectivity index (χ3v) is 13.0. The van der Waals surface area contributed by atoms with Gasteiger partial charge in [0.05, 0.1) is 0 Å². The SMILES string of the molecule is CCc1cc(CC)cc([Si](C2=CC=CC2)(c2cc(CC)cc(CC)c2)c2cc(CC)cc(CC)c2)c1. The third kappa shape index (κ3) is 4.96. The van der Waals surface area contributed by atoms with Crippen LogP contribution in [-0.4, -0.2) is 8.07 Å². The number of benzene rings is 3. The Balaban J connectivity index is 2.20. The van der Waals surface area contributed by atoms with Crippen molar-refractivity contribution in [1.29, 1.82) is 0 Å². The van der Waals surface area contributed by atoms with Gasteiger partial charge in [0.1, 0.15) is 0 Å². The Bertz CT molecular complexity index is 1070. The Morgan fingerprint density at radius 2 is 0.778 bits per heavy atom. The molecule has 0 aromatic heterocycles. The van der Waals surface area contributed by atoms with Gasteiger partial charge < -0.3 is 0 Å². The van der Waals surface area contributed by atoms with E-state index in [1.807, 2.05) is 0 Å². The van der Waals surface area contributed by atoms with Gasteiger partial charge >= 0.3 is 0 Å². The summed E-state index contributed by atoms with van der Waals surface area (Å²) in [6.07, 6.45) is 14.7. The smallest absolute Gasteiger partial charge is 0.0808 e. The molecule has 0 N–H and O–H groups in total. The monoisotopic (exact) mass is 492 g/mol. The molecule has 0 fully saturated rings. The van der Waals surface area contributed by atoms with Crippen LogP contribution in [0.15, 0.2) is 78.0 Å². The van der Waals surface area contributed by atoms with Crippen LogP contribution in [0.5, 0.6) is 0 Å². The van der Waals surface area contributed by atoms with Crippen LogP contribution in [0.2, 0.25) is 0 Å². The van der Waals surface area contributed by atoms with E-state index in [0.29, 0.717) is 0 Å².